The van der Waals surface area contributed by atoms with Gasteiger partial charge in [-0.05, 0) is 102 Å². The lowest BCUT2D eigenvalue weighted by atomic mass is 9.13. The lowest BCUT2D eigenvalue weighted by Crippen LogP contribution is -2.87. The molecule has 1 spiro atoms. The molecule has 0 aromatic carbocycles. The topological polar surface area (TPSA) is 12.0 Å². The normalized spacial score (nSPS) is 85.5. The van der Waals surface area contributed by atoms with E-state index in [2.05, 4.69) is 26.1 Å². The summed E-state index contributed by atoms with van der Waals surface area (Å²) >= 11 is 0. The van der Waals surface area contributed by atoms with Gasteiger partial charge in [-0.15, -0.1) is 0 Å². The van der Waals surface area contributed by atoms with Gasteiger partial charge in [-0.3, -0.25) is 0 Å². The van der Waals surface area contributed by atoms with Crippen LogP contribution in [0.15, 0.2) is 0 Å². The van der Waals surface area contributed by atoms with Crippen molar-refractivity contribution in [2.75, 3.05) is 6.54 Å². The summed E-state index contributed by atoms with van der Waals surface area (Å²) < 4.78 is 0. The maximum Gasteiger partial charge on any atom is 0.0193 e. The minimum Gasteiger partial charge on any atom is -0.311 e. The Hall–Kier alpha value is -0.0400. The SMILES string of the molecule is CC12C3CC1(CC14CC(CN1)C4)C14CCC1C1C3C2(C)C14C. The molecule has 7 saturated carbocycles. The zero-order chi connectivity index (χ0) is 14.5. The Balaban J connectivity index is 1.37. The van der Waals surface area contributed by atoms with Crippen LogP contribution in [0.3, 0.4) is 0 Å². The Kier molecular flexibility index (Phi) is 1.26. The largest absolute Gasteiger partial charge is 0.311 e. The van der Waals surface area contributed by atoms with Gasteiger partial charge in [0.15, 0.2) is 0 Å². The summed E-state index contributed by atoms with van der Waals surface area (Å²) in [5.74, 6) is 5.66. The molecule has 2 heterocycles. The summed E-state index contributed by atoms with van der Waals surface area (Å²) in [5, 5.41) is 4.01. The molecule has 1 heteroatoms. The standard InChI is InChI=1S/C21H29N/c1-16-13-8-20(16,10-19-6-11(7-19)9-22-19)21-5-4-12(21)14-15(13)17(16,2)18(14,21)3/h11-15,22H,4-10H2,1-3H3. The molecule has 9 rings (SSSR count). The molecule has 2 saturated heterocycles. The number of nitrogens with one attached hydrogen (secondary N) is 1. The summed E-state index contributed by atoms with van der Waals surface area (Å²) in [6, 6.07) is 0. The fraction of sp³-hybridized carbons (Fsp3) is 1.00. The Morgan fingerprint density at radius 3 is 2.32 bits per heavy atom. The lowest BCUT2D eigenvalue weighted by Gasteiger charge is -2.91. The van der Waals surface area contributed by atoms with Crippen molar-refractivity contribution in [3.8, 4) is 0 Å². The zero-order valence-corrected chi connectivity index (χ0v) is 14.3. The molecule has 2 aliphatic heterocycles. The fourth-order valence-corrected chi connectivity index (χ4v) is 12.8. The molecule has 0 aromatic rings. The van der Waals surface area contributed by atoms with Crippen LogP contribution in [-0.4, -0.2) is 12.1 Å². The van der Waals surface area contributed by atoms with E-state index in [0.29, 0.717) is 5.54 Å². The molecule has 0 radical (unpaired) electrons. The maximum absolute atomic E-state index is 4.01. The van der Waals surface area contributed by atoms with E-state index in [-0.39, 0.29) is 0 Å². The summed E-state index contributed by atoms with van der Waals surface area (Å²) in [5.41, 5.74) is 4.39. The number of fused-ring (bicyclic) bond motifs is 4. The zero-order valence-electron chi connectivity index (χ0n) is 14.3. The van der Waals surface area contributed by atoms with Crippen LogP contribution in [0.5, 0.6) is 0 Å². The van der Waals surface area contributed by atoms with E-state index in [4.69, 9.17) is 0 Å². The third-order valence-electron chi connectivity index (χ3n) is 13.1. The molecular weight excluding hydrogens is 266 g/mol. The Bertz CT molecular complexity index is 687. The highest BCUT2D eigenvalue weighted by atomic mass is 15.2. The van der Waals surface area contributed by atoms with E-state index >= 15 is 0 Å². The van der Waals surface area contributed by atoms with Crippen molar-refractivity contribution >= 4 is 0 Å². The van der Waals surface area contributed by atoms with Crippen LogP contribution < -0.4 is 5.32 Å². The average Bonchev–Trinajstić information content (AvgIpc) is 2.94. The van der Waals surface area contributed by atoms with Gasteiger partial charge in [0.1, 0.15) is 0 Å². The molecule has 9 fully saturated rings. The number of hydrogen-bond acceptors (Lipinski definition) is 1. The molecule has 0 aromatic heterocycles. The average molecular weight is 295 g/mol. The summed E-state index contributed by atoms with van der Waals surface area (Å²) in [4.78, 5) is 0. The van der Waals surface area contributed by atoms with Crippen LogP contribution >= 0.6 is 0 Å². The van der Waals surface area contributed by atoms with Crippen LogP contribution in [0, 0.1) is 56.7 Å². The van der Waals surface area contributed by atoms with E-state index in [9.17, 15) is 0 Å². The minimum absolute atomic E-state index is 0.597. The van der Waals surface area contributed by atoms with E-state index in [1.165, 1.54) is 25.3 Å². The minimum atomic E-state index is 0.597. The van der Waals surface area contributed by atoms with Crippen molar-refractivity contribution in [1.82, 2.24) is 5.32 Å². The van der Waals surface area contributed by atoms with Crippen molar-refractivity contribution < 1.29 is 0 Å². The number of rotatable bonds is 2. The van der Waals surface area contributed by atoms with Crippen molar-refractivity contribution in [3.05, 3.63) is 0 Å². The Morgan fingerprint density at radius 1 is 0.909 bits per heavy atom. The molecule has 9 atom stereocenters. The van der Waals surface area contributed by atoms with Gasteiger partial charge in [-0.2, -0.15) is 0 Å². The first-order chi connectivity index (χ1) is 10.4. The first-order valence-corrected chi connectivity index (χ1v) is 10.2. The summed E-state index contributed by atoms with van der Waals surface area (Å²) in [6.07, 6.45) is 9.47. The lowest BCUT2D eigenvalue weighted by molar-refractivity contribution is -0.443. The number of hydrogen-bond donors (Lipinski definition) is 1. The molecule has 1 nitrogen and oxygen atoms in total. The van der Waals surface area contributed by atoms with Gasteiger partial charge in [0, 0.05) is 5.54 Å². The molecule has 9 aliphatic rings. The Labute approximate surface area is 134 Å². The first-order valence-electron chi connectivity index (χ1n) is 10.2. The maximum atomic E-state index is 4.01. The molecule has 9 unspecified atom stereocenters. The quantitative estimate of drug-likeness (QED) is 0.816. The van der Waals surface area contributed by atoms with Gasteiger partial charge in [-0.1, -0.05) is 20.8 Å². The molecule has 118 valence electrons. The van der Waals surface area contributed by atoms with Crippen molar-refractivity contribution in [2.45, 2.75) is 64.8 Å². The van der Waals surface area contributed by atoms with Gasteiger partial charge in [-0.25, -0.2) is 0 Å². The van der Waals surface area contributed by atoms with Gasteiger partial charge in [0.2, 0.25) is 0 Å². The molecule has 2 bridgehead atoms. The first kappa shape index (κ1) is 11.5. The van der Waals surface area contributed by atoms with Crippen LogP contribution in [0.4, 0.5) is 0 Å². The fourth-order valence-electron chi connectivity index (χ4n) is 12.8. The smallest absolute Gasteiger partial charge is 0.0193 e. The van der Waals surface area contributed by atoms with Crippen molar-refractivity contribution in [3.63, 3.8) is 0 Å². The van der Waals surface area contributed by atoms with Crippen molar-refractivity contribution in [1.29, 1.82) is 0 Å². The molecular formula is C21H29N. The second kappa shape index (κ2) is 2.40. The summed E-state index contributed by atoms with van der Waals surface area (Å²) in [7, 11) is 0. The van der Waals surface area contributed by atoms with E-state index in [0.717, 1.165) is 50.7 Å². The predicted octanol–water partition coefficient (Wildman–Crippen LogP) is 3.84. The molecule has 22 heavy (non-hydrogen) atoms. The van der Waals surface area contributed by atoms with Crippen LogP contribution in [0.25, 0.3) is 0 Å². The molecule has 1 N–H and O–H groups in total. The molecule has 0 amide bonds. The third-order valence-corrected chi connectivity index (χ3v) is 13.1. The van der Waals surface area contributed by atoms with E-state index in [1.54, 1.807) is 25.7 Å². The highest BCUT2D eigenvalue weighted by Crippen LogP contribution is 3.13. The van der Waals surface area contributed by atoms with Crippen LogP contribution in [0.1, 0.15) is 59.3 Å². The Morgan fingerprint density at radius 2 is 1.68 bits per heavy atom. The van der Waals surface area contributed by atoms with Crippen molar-refractivity contribution in [2.24, 2.45) is 56.7 Å². The van der Waals surface area contributed by atoms with Gasteiger partial charge < -0.3 is 5.32 Å². The van der Waals surface area contributed by atoms with Crippen LogP contribution in [0.2, 0.25) is 0 Å². The van der Waals surface area contributed by atoms with Gasteiger partial charge >= 0.3 is 0 Å². The summed E-state index contributed by atoms with van der Waals surface area (Å²) in [6.45, 7) is 9.65. The molecule has 7 aliphatic carbocycles. The highest BCUT2D eigenvalue weighted by Gasteiger charge is 3.09. The third kappa shape index (κ3) is 0.553. The van der Waals surface area contributed by atoms with Gasteiger partial charge in [0.25, 0.3) is 0 Å². The van der Waals surface area contributed by atoms with Crippen LogP contribution in [-0.2, 0) is 0 Å². The van der Waals surface area contributed by atoms with E-state index < -0.39 is 0 Å². The second-order valence-corrected chi connectivity index (χ2v) is 11.8. The van der Waals surface area contributed by atoms with E-state index in [1.807, 2.05) is 0 Å². The van der Waals surface area contributed by atoms with Gasteiger partial charge in [0.05, 0.1) is 0 Å². The monoisotopic (exact) mass is 295 g/mol. The predicted molar refractivity (Wildman–Crippen MR) is 85.1 cm³/mol. The highest BCUT2D eigenvalue weighted by molar-refractivity contribution is 5.56. The second-order valence-electron chi connectivity index (χ2n) is 11.8.